The lowest BCUT2D eigenvalue weighted by molar-refractivity contribution is -0.134. The van der Waals surface area contributed by atoms with Gasteiger partial charge in [-0.3, -0.25) is 9.48 Å². The molecule has 0 radical (unpaired) electrons. The van der Waals surface area contributed by atoms with Crippen molar-refractivity contribution < 1.29 is 13.9 Å². The third kappa shape index (κ3) is 4.31. The van der Waals surface area contributed by atoms with Crippen molar-refractivity contribution in [2.45, 2.75) is 19.4 Å². The molecule has 6 heteroatoms. The van der Waals surface area contributed by atoms with E-state index in [2.05, 4.69) is 5.10 Å². The summed E-state index contributed by atoms with van der Waals surface area (Å²) in [7, 11) is 0. The molecule has 3 rings (SSSR count). The van der Waals surface area contributed by atoms with E-state index in [0.29, 0.717) is 24.8 Å². The van der Waals surface area contributed by atoms with Gasteiger partial charge in [-0.2, -0.15) is 5.10 Å². The molecule has 2 heterocycles. The maximum Gasteiger partial charge on any atom is 0.244 e. The summed E-state index contributed by atoms with van der Waals surface area (Å²) in [4.78, 5) is 14.2. The summed E-state index contributed by atoms with van der Waals surface area (Å²) in [5.74, 6) is 0.771. The van der Waals surface area contributed by atoms with Crippen molar-refractivity contribution in [2.75, 3.05) is 19.7 Å². The van der Waals surface area contributed by atoms with E-state index < -0.39 is 0 Å². The molecule has 0 spiro atoms. The van der Waals surface area contributed by atoms with Crippen LogP contribution in [0, 0.1) is 11.7 Å². The fraction of sp³-hybridized carbons (Fsp3) is 0.412. The summed E-state index contributed by atoms with van der Waals surface area (Å²) in [6.45, 7) is 2.30. The van der Waals surface area contributed by atoms with Crippen molar-refractivity contribution >= 4 is 5.91 Å². The highest BCUT2D eigenvalue weighted by molar-refractivity contribution is 5.76. The van der Waals surface area contributed by atoms with Gasteiger partial charge in [-0.05, 0) is 43.2 Å². The van der Waals surface area contributed by atoms with E-state index in [1.807, 2.05) is 11.0 Å². The molecular weight excluding hydrogens is 297 g/mol. The summed E-state index contributed by atoms with van der Waals surface area (Å²) in [6, 6.07) is 7.83. The third-order valence-corrected chi connectivity index (χ3v) is 4.03. The number of benzene rings is 1. The molecule has 1 fully saturated rings. The number of nitrogens with zero attached hydrogens (tertiary/aromatic N) is 3. The standard InChI is InChI=1S/C17H20FN3O2/c18-15-4-6-16(7-5-15)23-13-14-3-1-9-20(11-14)17(22)12-21-10-2-8-19-21/h2,4-8,10,14H,1,3,9,11-13H2/t14-/m0/s1. The molecule has 0 saturated carbocycles. The van der Waals surface area contributed by atoms with Crippen LogP contribution in [0.3, 0.4) is 0 Å². The van der Waals surface area contributed by atoms with Gasteiger partial charge < -0.3 is 9.64 Å². The van der Waals surface area contributed by atoms with Gasteiger partial charge in [-0.15, -0.1) is 0 Å². The molecule has 122 valence electrons. The van der Waals surface area contributed by atoms with Crippen LogP contribution in [-0.4, -0.2) is 40.3 Å². The Morgan fingerprint density at radius 3 is 2.91 bits per heavy atom. The van der Waals surface area contributed by atoms with Crippen molar-refractivity contribution in [2.24, 2.45) is 5.92 Å². The molecule has 0 aliphatic carbocycles. The minimum atomic E-state index is -0.273. The van der Waals surface area contributed by atoms with Crippen LogP contribution >= 0.6 is 0 Å². The molecular formula is C17H20FN3O2. The van der Waals surface area contributed by atoms with Gasteiger partial charge in [0.25, 0.3) is 0 Å². The first kappa shape index (κ1) is 15.5. The maximum absolute atomic E-state index is 12.9. The monoisotopic (exact) mass is 317 g/mol. The van der Waals surface area contributed by atoms with Crippen molar-refractivity contribution in [3.05, 3.63) is 48.5 Å². The highest BCUT2D eigenvalue weighted by Crippen LogP contribution is 2.19. The molecule has 0 unspecified atom stereocenters. The Labute approximate surface area is 134 Å². The summed E-state index contributed by atoms with van der Waals surface area (Å²) >= 11 is 0. The summed E-state index contributed by atoms with van der Waals surface area (Å²) in [5.41, 5.74) is 0. The van der Waals surface area contributed by atoms with Crippen LogP contribution in [0.2, 0.25) is 0 Å². The molecule has 5 nitrogen and oxygen atoms in total. The second kappa shape index (κ2) is 7.26. The largest absolute Gasteiger partial charge is 0.493 e. The van der Waals surface area contributed by atoms with Gasteiger partial charge >= 0.3 is 0 Å². The van der Waals surface area contributed by atoms with E-state index >= 15 is 0 Å². The molecule has 1 aliphatic heterocycles. The third-order valence-electron chi connectivity index (χ3n) is 4.03. The summed E-state index contributed by atoms with van der Waals surface area (Å²) < 4.78 is 20.2. The van der Waals surface area contributed by atoms with Gasteiger partial charge in [0, 0.05) is 31.4 Å². The molecule has 2 aromatic rings. The van der Waals surface area contributed by atoms with Crippen molar-refractivity contribution in [3.63, 3.8) is 0 Å². The van der Waals surface area contributed by atoms with Crippen LogP contribution in [0.1, 0.15) is 12.8 Å². The second-order valence-corrected chi connectivity index (χ2v) is 5.82. The van der Waals surface area contributed by atoms with Crippen LogP contribution in [0.4, 0.5) is 4.39 Å². The Morgan fingerprint density at radius 2 is 2.17 bits per heavy atom. The zero-order chi connectivity index (χ0) is 16.1. The molecule has 0 N–H and O–H groups in total. The Morgan fingerprint density at radius 1 is 1.35 bits per heavy atom. The average molecular weight is 317 g/mol. The molecule has 1 saturated heterocycles. The number of hydrogen-bond acceptors (Lipinski definition) is 3. The number of amides is 1. The Kier molecular flexibility index (Phi) is 4.90. The molecule has 1 amide bonds. The Balaban J connectivity index is 1.49. The predicted molar refractivity (Wildman–Crippen MR) is 83.4 cm³/mol. The van der Waals surface area contributed by atoms with Crippen molar-refractivity contribution in [3.8, 4) is 5.75 Å². The van der Waals surface area contributed by atoms with E-state index in [-0.39, 0.29) is 18.3 Å². The van der Waals surface area contributed by atoms with E-state index in [1.165, 1.54) is 12.1 Å². The predicted octanol–water partition coefficient (Wildman–Crippen LogP) is 2.34. The number of rotatable bonds is 5. The van der Waals surface area contributed by atoms with Gasteiger partial charge in [0.2, 0.25) is 5.91 Å². The van der Waals surface area contributed by atoms with Gasteiger partial charge in [0.15, 0.2) is 0 Å². The molecule has 1 aliphatic rings. The topological polar surface area (TPSA) is 47.4 Å². The lowest BCUT2D eigenvalue weighted by Gasteiger charge is -2.32. The van der Waals surface area contributed by atoms with Gasteiger partial charge in [0.1, 0.15) is 18.1 Å². The minimum absolute atomic E-state index is 0.0835. The van der Waals surface area contributed by atoms with Crippen LogP contribution in [0.5, 0.6) is 5.75 Å². The van der Waals surface area contributed by atoms with Crippen LogP contribution < -0.4 is 4.74 Å². The lowest BCUT2D eigenvalue weighted by atomic mass is 9.99. The molecule has 1 aromatic carbocycles. The number of piperidine rings is 1. The SMILES string of the molecule is O=C(Cn1cccn1)N1CCC[C@H](COc2ccc(F)cc2)C1. The second-order valence-electron chi connectivity index (χ2n) is 5.82. The summed E-state index contributed by atoms with van der Waals surface area (Å²) in [6.07, 6.45) is 5.47. The minimum Gasteiger partial charge on any atom is -0.493 e. The van der Waals surface area contributed by atoms with Gasteiger partial charge in [-0.1, -0.05) is 0 Å². The van der Waals surface area contributed by atoms with E-state index in [1.54, 1.807) is 29.2 Å². The zero-order valence-corrected chi connectivity index (χ0v) is 12.9. The smallest absolute Gasteiger partial charge is 0.244 e. The number of likely N-dealkylation sites (tertiary alicyclic amines) is 1. The molecule has 1 atom stereocenters. The number of halogens is 1. The van der Waals surface area contributed by atoms with Gasteiger partial charge in [-0.25, -0.2) is 4.39 Å². The normalized spacial score (nSPS) is 18.0. The first-order valence-electron chi connectivity index (χ1n) is 7.84. The van der Waals surface area contributed by atoms with Crippen molar-refractivity contribution in [1.29, 1.82) is 0 Å². The molecule has 23 heavy (non-hydrogen) atoms. The lowest BCUT2D eigenvalue weighted by Crippen LogP contribution is -2.43. The fourth-order valence-corrected chi connectivity index (χ4v) is 2.81. The first-order chi connectivity index (χ1) is 11.2. The maximum atomic E-state index is 12.9. The number of carbonyl (C=O) groups is 1. The van der Waals surface area contributed by atoms with Crippen molar-refractivity contribution in [1.82, 2.24) is 14.7 Å². The number of ether oxygens (including phenoxy) is 1. The van der Waals surface area contributed by atoms with E-state index in [0.717, 1.165) is 19.4 Å². The highest BCUT2D eigenvalue weighted by Gasteiger charge is 2.24. The van der Waals surface area contributed by atoms with Crippen LogP contribution in [0.25, 0.3) is 0 Å². The van der Waals surface area contributed by atoms with E-state index in [9.17, 15) is 9.18 Å². The van der Waals surface area contributed by atoms with Crippen LogP contribution in [-0.2, 0) is 11.3 Å². The highest BCUT2D eigenvalue weighted by atomic mass is 19.1. The number of aromatic nitrogens is 2. The Hall–Kier alpha value is -2.37. The van der Waals surface area contributed by atoms with E-state index in [4.69, 9.17) is 4.74 Å². The first-order valence-corrected chi connectivity index (χ1v) is 7.84. The van der Waals surface area contributed by atoms with Crippen LogP contribution in [0.15, 0.2) is 42.7 Å². The Bertz CT molecular complexity index is 628. The molecule has 1 aromatic heterocycles. The van der Waals surface area contributed by atoms with Gasteiger partial charge in [0.05, 0.1) is 6.61 Å². The number of carbonyl (C=O) groups excluding carboxylic acids is 1. The fourth-order valence-electron chi connectivity index (χ4n) is 2.81. The quantitative estimate of drug-likeness (QED) is 0.850. The average Bonchev–Trinajstić information content (AvgIpc) is 3.07. The summed E-state index contributed by atoms with van der Waals surface area (Å²) in [5, 5.41) is 4.07. The zero-order valence-electron chi connectivity index (χ0n) is 12.9. The number of hydrogen-bond donors (Lipinski definition) is 0. The molecule has 0 bridgehead atoms.